The molecule has 2 saturated heterocycles. The van der Waals surface area contributed by atoms with E-state index in [2.05, 4.69) is 5.32 Å². The second kappa shape index (κ2) is 7.24. The number of hydrogen-bond acceptors (Lipinski definition) is 5. The number of sulfonamides is 1. The van der Waals surface area contributed by atoms with Crippen molar-refractivity contribution in [2.45, 2.75) is 37.6 Å². The summed E-state index contributed by atoms with van der Waals surface area (Å²) in [5.41, 5.74) is 0.766. The highest BCUT2D eigenvalue weighted by molar-refractivity contribution is 7.89. The highest BCUT2D eigenvalue weighted by Gasteiger charge is 2.38. The number of nitrogens with zero attached hydrogens (tertiary/aromatic N) is 2. The van der Waals surface area contributed by atoms with Crippen LogP contribution in [-0.2, 0) is 14.8 Å². The van der Waals surface area contributed by atoms with Crippen molar-refractivity contribution in [3.05, 3.63) is 23.8 Å². The minimum atomic E-state index is -3.62. The van der Waals surface area contributed by atoms with Gasteiger partial charge in [-0.3, -0.25) is 9.69 Å². The lowest BCUT2D eigenvalue weighted by molar-refractivity contribution is -0.127. The lowest BCUT2D eigenvalue weighted by Crippen LogP contribution is -2.48. The average Bonchev–Trinajstić information content (AvgIpc) is 2.95. The number of aryl methyl sites for hydroxylation is 1. The van der Waals surface area contributed by atoms with E-state index in [1.165, 1.54) is 9.21 Å². The molecule has 1 N–H and O–H groups in total. The predicted molar refractivity (Wildman–Crippen MR) is 94.4 cm³/mol. The maximum atomic E-state index is 12.9. The van der Waals surface area contributed by atoms with Crippen molar-refractivity contribution in [1.82, 2.24) is 14.5 Å². The van der Waals surface area contributed by atoms with E-state index in [1.807, 2.05) is 13.8 Å². The summed E-state index contributed by atoms with van der Waals surface area (Å²) in [6.07, 6.45) is 0.878. The largest absolute Gasteiger partial charge is 0.494 e. The molecule has 2 fully saturated rings. The molecule has 0 radical (unpaired) electrons. The van der Waals surface area contributed by atoms with Gasteiger partial charge in [-0.1, -0.05) is 0 Å². The molecule has 0 atom stereocenters. The van der Waals surface area contributed by atoms with Crippen molar-refractivity contribution in [2.75, 3.05) is 26.2 Å². The molecule has 0 bridgehead atoms. The first kappa shape index (κ1) is 18.7. The Bertz CT molecular complexity index is 800. The molecule has 26 heavy (non-hydrogen) atoms. The third-order valence-electron chi connectivity index (χ3n) is 4.75. The molecule has 0 aromatic heterocycles. The second-order valence-electron chi connectivity index (χ2n) is 6.42. The van der Waals surface area contributed by atoms with Crippen LogP contribution in [0, 0.1) is 6.92 Å². The maximum absolute atomic E-state index is 12.9. The fraction of sp³-hybridized carbons (Fsp3) is 0.529. The quantitative estimate of drug-likeness (QED) is 0.771. The number of ether oxygens (including phenoxy) is 1. The zero-order valence-electron chi connectivity index (χ0n) is 14.9. The number of benzene rings is 1. The summed E-state index contributed by atoms with van der Waals surface area (Å²) in [4.78, 5) is 25.0. The minimum absolute atomic E-state index is 0.0167. The smallest absolute Gasteiger partial charge is 0.324 e. The van der Waals surface area contributed by atoms with Crippen LogP contribution in [-0.4, -0.2) is 61.8 Å². The lowest BCUT2D eigenvalue weighted by Gasteiger charge is -2.34. The average molecular weight is 381 g/mol. The number of rotatable bonds is 5. The van der Waals surface area contributed by atoms with E-state index in [9.17, 15) is 18.0 Å². The van der Waals surface area contributed by atoms with Gasteiger partial charge < -0.3 is 10.1 Å². The number of piperidine rings is 1. The fourth-order valence-electron chi connectivity index (χ4n) is 3.39. The molecule has 2 aliphatic heterocycles. The van der Waals surface area contributed by atoms with Crippen molar-refractivity contribution in [2.24, 2.45) is 0 Å². The van der Waals surface area contributed by atoms with E-state index < -0.39 is 16.1 Å². The number of nitrogens with one attached hydrogen (secondary N) is 1. The Morgan fingerprint density at radius 1 is 1.23 bits per heavy atom. The SMILES string of the molecule is CCOc1ccc(S(=O)(=O)N2CCC(N3C(=O)CNC3=O)CC2)cc1C. The number of urea groups is 1. The molecule has 2 heterocycles. The van der Waals surface area contributed by atoms with Crippen molar-refractivity contribution >= 4 is 22.0 Å². The van der Waals surface area contributed by atoms with Crippen LogP contribution in [0.15, 0.2) is 23.1 Å². The minimum Gasteiger partial charge on any atom is -0.494 e. The molecule has 3 rings (SSSR count). The first-order chi connectivity index (χ1) is 12.3. The molecule has 142 valence electrons. The van der Waals surface area contributed by atoms with Gasteiger partial charge in [-0.25, -0.2) is 13.2 Å². The molecule has 0 aliphatic carbocycles. The van der Waals surface area contributed by atoms with Gasteiger partial charge in [0.1, 0.15) is 5.75 Å². The van der Waals surface area contributed by atoms with Crippen LogP contribution in [0.3, 0.4) is 0 Å². The topological polar surface area (TPSA) is 96.0 Å². The first-order valence-corrected chi connectivity index (χ1v) is 10.1. The second-order valence-corrected chi connectivity index (χ2v) is 8.36. The number of amides is 3. The van der Waals surface area contributed by atoms with Gasteiger partial charge in [0.05, 0.1) is 18.0 Å². The standard InChI is InChI=1S/C17H23N3O5S/c1-3-25-15-5-4-14(10-12(15)2)26(23,24)19-8-6-13(7-9-19)20-16(21)11-18-17(20)22/h4-5,10,13H,3,6-9,11H2,1-2H3,(H,18,22). The molecular weight excluding hydrogens is 358 g/mol. The van der Waals surface area contributed by atoms with Crippen LogP contribution in [0.1, 0.15) is 25.3 Å². The Hall–Kier alpha value is -2.13. The number of hydrogen-bond donors (Lipinski definition) is 1. The van der Waals surface area contributed by atoms with E-state index in [4.69, 9.17) is 4.74 Å². The van der Waals surface area contributed by atoms with E-state index in [0.29, 0.717) is 25.2 Å². The van der Waals surface area contributed by atoms with Gasteiger partial charge in [0.15, 0.2) is 0 Å². The van der Waals surface area contributed by atoms with Gasteiger partial charge in [-0.15, -0.1) is 0 Å². The molecular formula is C17H23N3O5S. The van der Waals surface area contributed by atoms with Crippen molar-refractivity contribution < 1.29 is 22.7 Å². The fourth-order valence-corrected chi connectivity index (χ4v) is 4.95. The van der Waals surface area contributed by atoms with Crippen LogP contribution >= 0.6 is 0 Å². The lowest BCUT2D eigenvalue weighted by atomic mass is 10.1. The van der Waals surface area contributed by atoms with Gasteiger partial charge in [0, 0.05) is 19.1 Å². The summed E-state index contributed by atoms with van der Waals surface area (Å²) >= 11 is 0. The van der Waals surface area contributed by atoms with E-state index in [0.717, 1.165) is 5.56 Å². The molecule has 0 unspecified atom stereocenters. The van der Waals surface area contributed by atoms with Crippen LogP contribution in [0.25, 0.3) is 0 Å². The summed E-state index contributed by atoms with van der Waals surface area (Å²) < 4.78 is 32.7. The molecule has 1 aromatic rings. The van der Waals surface area contributed by atoms with E-state index in [1.54, 1.807) is 18.2 Å². The third-order valence-corrected chi connectivity index (χ3v) is 6.65. The van der Waals surface area contributed by atoms with Gasteiger partial charge in [0.2, 0.25) is 15.9 Å². The summed E-state index contributed by atoms with van der Waals surface area (Å²) in [5.74, 6) is 0.419. The van der Waals surface area contributed by atoms with Crippen LogP contribution in [0.5, 0.6) is 5.75 Å². The zero-order chi connectivity index (χ0) is 18.9. The molecule has 1 aromatic carbocycles. The Kier molecular flexibility index (Phi) is 5.19. The third kappa shape index (κ3) is 3.41. The molecule has 2 aliphatic rings. The predicted octanol–water partition coefficient (Wildman–Crippen LogP) is 1.10. The molecule has 8 nitrogen and oxygen atoms in total. The highest BCUT2D eigenvalue weighted by Crippen LogP contribution is 2.27. The molecule has 9 heteroatoms. The Morgan fingerprint density at radius 2 is 1.92 bits per heavy atom. The molecule has 3 amide bonds. The monoisotopic (exact) mass is 381 g/mol. The number of carbonyl (C=O) groups is 2. The number of carbonyl (C=O) groups excluding carboxylic acids is 2. The van der Waals surface area contributed by atoms with Crippen molar-refractivity contribution in [3.8, 4) is 5.75 Å². The van der Waals surface area contributed by atoms with Gasteiger partial charge >= 0.3 is 6.03 Å². The summed E-state index contributed by atoms with van der Waals surface area (Å²) in [7, 11) is -3.62. The maximum Gasteiger partial charge on any atom is 0.324 e. The first-order valence-electron chi connectivity index (χ1n) is 8.68. The van der Waals surface area contributed by atoms with E-state index in [-0.39, 0.29) is 36.5 Å². The zero-order valence-corrected chi connectivity index (χ0v) is 15.7. The molecule has 0 spiro atoms. The summed E-state index contributed by atoms with van der Waals surface area (Å²) in [6.45, 7) is 4.77. The van der Waals surface area contributed by atoms with Crippen LogP contribution in [0.2, 0.25) is 0 Å². The summed E-state index contributed by atoms with van der Waals surface area (Å²) in [5, 5.41) is 2.50. The highest BCUT2D eigenvalue weighted by atomic mass is 32.2. The molecule has 0 saturated carbocycles. The van der Waals surface area contributed by atoms with Crippen molar-refractivity contribution in [3.63, 3.8) is 0 Å². The number of imide groups is 1. The summed E-state index contributed by atoms with van der Waals surface area (Å²) in [6, 6.07) is 4.20. The normalized spacial score (nSPS) is 19.7. The van der Waals surface area contributed by atoms with Crippen LogP contribution < -0.4 is 10.1 Å². The van der Waals surface area contributed by atoms with Gasteiger partial charge in [-0.05, 0) is 50.5 Å². The van der Waals surface area contributed by atoms with Gasteiger partial charge in [-0.2, -0.15) is 4.31 Å². The Labute approximate surface area is 153 Å². The van der Waals surface area contributed by atoms with Gasteiger partial charge in [0.25, 0.3) is 0 Å². The van der Waals surface area contributed by atoms with Crippen molar-refractivity contribution in [1.29, 1.82) is 0 Å². The van der Waals surface area contributed by atoms with Crippen LogP contribution in [0.4, 0.5) is 4.79 Å². The Morgan fingerprint density at radius 3 is 2.46 bits per heavy atom. The Balaban J connectivity index is 1.71. The van der Waals surface area contributed by atoms with E-state index >= 15 is 0 Å².